The fourth-order valence-electron chi connectivity index (χ4n) is 2.00. The van der Waals surface area contributed by atoms with Crippen LogP contribution in [0.25, 0.3) is 0 Å². The molecule has 0 aliphatic carbocycles. The van der Waals surface area contributed by atoms with Crippen LogP contribution in [0.3, 0.4) is 0 Å². The Hall–Kier alpha value is -1.85. The number of carbonyl (C=O) groups is 2. The van der Waals surface area contributed by atoms with E-state index in [0.29, 0.717) is 19.5 Å². The van der Waals surface area contributed by atoms with Crippen LogP contribution in [-0.4, -0.2) is 38.7 Å². The van der Waals surface area contributed by atoms with Gasteiger partial charge in [0.05, 0.1) is 6.20 Å². The molecule has 98 valence electrons. The normalized spacial score (nSPS) is 18.3. The van der Waals surface area contributed by atoms with E-state index in [-0.39, 0.29) is 11.9 Å². The zero-order chi connectivity index (χ0) is 13.3. The van der Waals surface area contributed by atoms with E-state index in [9.17, 15) is 9.59 Å². The molecule has 1 saturated heterocycles. The van der Waals surface area contributed by atoms with Gasteiger partial charge >= 0.3 is 6.03 Å². The largest absolute Gasteiger partial charge is 0.325 e. The van der Waals surface area contributed by atoms with E-state index in [1.54, 1.807) is 20.0 Å². The standard InChI is InChI=1S/C12H18N4O2/c1-9-7-13-15(8-9)5-4-6-16-10(17)12(2,3)14-11(16)18/h7-8H,4-6H2,1-3H3,(H,14,18). The first kappa shape index (κ1) is 12.6. The molecule has 0 saturated carbocycles. The highest BCUT2D eigenvalue weighted by atomic mass is 16.2. The van der Waals surface area contributed by atoms with Crippen LogP contribution >= 0.6 is 0 Å². The predicted molar refractivity (Wildman–Crippen MR) is 65.9 cm³/mol. The number of carbonyl (C=O) groups excluding carboxylic acids is 2. The van der Waals surface area contributed by atoms with Gasteiger partial charge in [-0.1, -0.05) is 0 Å². The van der Waals surface area contributed by atoms with Crippen LogP contribution < -0.4 is 5.32 Å². The Morgan fingerprint density at radius 1 is 1.33 bits per heavy atom. The van der Waals surface area contributed by atoms with Gasteiger partial charge in [-0.3, -0.25) is 14.4 Å². The molecule has 6 nitrogen and oxygen atoms in total. The molecular weight excluding hydrogens is 232 g/mol. The first-order valence-corrected chi connectivity index (χ1v) is 6.03. The second kappa shape index (κ2) is 4.44. The van der Waals surface area contributed by atoms with Crippen molar-refractivity contribution in [2.24, 2.45) is 0 Å². The second-order valence-corrected chi connectivity index (χ2v) is 5.15. The van der Waals surface area contributed by atoms with Gasteiger partial charge < -0.3 is 5.32 Å². The first-order chi connectivity index (χ1) is 8.40. The molecule has 0 aromatic carbocycles. The SMILES string of the molecule is Cc1cnn(CCCN2C(=O)NC(C)(C)C2=O)c1. The van der Waals surface area contributed by atoms with E-state index < -0.39 is 5.54 Å². The van der Waals surface area contributed by atoms with Crippen LogP contribution in [0, 0.1) is 6.92 Å². The van der Waals surface area contributed by atoms with Crippen molar-refractivity contribution in [3.05, 3.63) is 18.0 Å². The van der Waals surface area contributed by atoms with E-state index in [0.717, 1.165) is 5.56 Å². The molecule has 1 aliphatic heterocycles. The molecule has 0 spiro atoms. The highest BCUT2D eigenvalue weighted by Gasteiger charge is 2.43. The zero-order valence-electron chi connectivity index (χ0n) is 10.9. The van der Waals surface area contributed by atoms with E-state index in [4.69, 9.17) is 0 Å². The van der Waals surface area contributed by atoms with Gasteiger partial charge in [0.15, 0.2) is 0 Å². The van der Waals surface area contributed by atoms with E-state index >= 15 is 0 Å². The van der Waals surface area contributed by atoms with Gasteiger partial charge in [0.25, 0.3) is 5.91 Å². The topological polar surface area (TPSA) is 67.2 Å². The second-order valence-electron chi connectivity index (χ2n) is 5.15. The fraction of sp³-hybridized carbons (Fsp3) is 0.583. The number of aryl methyl sites for hydroxylation is 2. The van der Waals surface area contributed by atoms with E-state index in [2.05, 4.69) is 10.4 Å². The third-order valence-corrected chi connectivity index (χ3v) is 2.98. The molecular formula is C12H18N4O2. The van der Waals surface area contributed by atoms with Crippen molar-refractivity contribution in [2.45, 2.75) is 39.3 Å². The lowest BCUT2D eigenvalue weighted by Crippen LogP contribution is -2.40. The van der Waals surface area contributed by atoms with Crippen LogP contribution in [0.5, 0.6) is 0 Å². The number of hydrogen-bond acceptors (Lipinski definition) is 3. The summed E-state index contributed by atoms with van der Waals surface area (Å²) in [6, 6.07) is -0.304. The summed E-state index contributed by atoms with van der Waals surface area (Å²) >= 11 is 0. The summed E-state index contributed by atoms with van der Waals surface area (Å²) in [4.78, 5) is 24.8. The number of nitrogens with zero attached hydrogens (tertiary/aromatic N) is 3. The lowest BCUT2D eigenvalue weighted by Gasteiger charge is -2.15. The molecule has 0 atom stereocenters. The summed E-state index contributed by atoms with van der Waals surface area (Å²) in [5.74, 6) is -0.163. The fourth-order valence-corrected chi connectivity index (χ4v) is 2.00. The van der Waals surface area contributed by atoms with Crippen molar-refractivity contribution in [3.63, 3.8) is 0 Å². The highest BCUT2D eigenvalue weighted by Crippen LogP contribution is 2.16. The molecule has 0 unspecified atom stereocenters. The maximum absolute atomic E-state index is 11.9. The average molecular weight is 250 g/mol. The summed E-state index contributed by atoms with van der Waals surface area (Å²) in [5.41, 5.74) is 0.324. The van der Waals surface area contributed by atoms with Crippen LogP contribution in [0.2, 0.25) is 0 Å². The van der Waals surface area contributed by atoms with Gasteiger partial charge in [-0.05, 0) is 32.8 Å². The van der Waals surface area contributed by atoms with Crippen LogP contribution in [0.15, 0.2) is 12.4 Å². The molecule has 1 aromatic rings. The quantitative estimate of drug-likeness (QED) is 0.808. The Labute approximate surface area is 106 Å². The number of urea groups is 1. The molecule has 6 heteroatoms. The van der Waals surface area contributed by atoms with Crippen molar-refractivity contribution in [3.8, 4) is 0 Å². The van der Waals surface area contributed by atoms with Crippen molar-refractivity contribution in [1.29, 1.82) is 0 Å². The number of imide groups is 1. The summed E-state index contributed by atoms with van der Waals surface area (Å²) in [5, 5.41) is 6.82. The third-order valence-electron chi connectivity index (χ3n) is 2.98. The summed E-state index contributed by atoms with van der Waals surface area (Å²) in [6.45, 7) is 6.52. The molecule has 18 heavy (non-hydrogen) atoms. The minimum Gasteiger partial charge on any atom is -0.324 e. The maximum atomic E-state index is 11.9. The van der Waals surface area contributed by atoms with Gasteiger partial charge in [0.1, 0.15) is 5.54 Å². The Bertz CT molecular complexity index is 478. The lowest BCUT2D eigenvalue weighted by molar-refractivity contribution is -0.130. The van der Waals surface area contributed by atoms with Crippen molar-refractivity contribution in [2.75, 3.05) is 6.54 Å². The van der Waals surface area contributed by atoms with Crippen molar-refractivity contribution < 1.29 is 9.59 Å². The minimum absolute atomic E-state index is 0.163. The van der Waals surface area contributed by atoms with Crippen LogP contribution in [0.4, 0.5) is 4.79 Å². The summed E-state index contributed by atoms with van der Waals surface area (Å²) in [6.07, 6.45) is 4.43. The molecule has 2 rings (SSSR count). The van der Waals surface area contributed by atoms with Gasteiger partial charge in [-0.15, -0.1) is 0 Å². The number of hydrogen-bond donors (Lipinski definition) is 1. The average Bonchev–Trinajstić information content (AvgIpc) is 2.75. The predicted octanol–water partition coefficient (Wildman–Crippen LogP) is 0.912. The Morgan fingerprint density at radius 3 is 2.56 bits per heavy atom. The molecule has 3 amide bonds. The number of nitrogens with one attached hydrogen (secondary N) is 1. The Morgan fingerprint density at radius 2 is 2.06 bits per heavy atom. The zero-order valence-corrected chi connectivity index (χ0v) is 10.9. The van der Waals surface area contributed by atoms with Crippen LogP contribution in [-0.2, 0) is 11.3 Å². The highest BCUT2D eigenvalue weighted by molar-refractivity contribution is 6.06. The van der Waals surface area contributed by atoms with Crippen molar-refractivity contribution >= 4 is 11.9 Å². The lowest BCUT2D eigenvalue weighted by atomic mass is 10.1. The molecule has 2 heterocycles. The maximum Gasteiger partial charge on any atom is 0.325 e. The van der Waals surface area contributed by atoms with E-state index in [1.807, 2.05) is 17.8 Å². The summed E-state index contributed by atoms with van der Waals surface area (Å²) < 4.78 is 1.82. The van der Waals surface area contributed by atoms with Gasteiger partial charge in [0.2, 0.25) is 0 Å². The Kier molecular flexibility index (Phi) is 3.11. The smallest absolute Gasteiger partial charge is 0.324 e. The van der Waals surface area contributed by atoms with Gasteiger partial charge in [-0.25, -0.2) is 4.79 Å². The number of amides is 3. The van der Waals surface area contributed by atoms with Crippen LogP contribution in [0.1, 0.15) is 25.8 Å². The van der Waals surface area contributed by atoms with Gasteiger partial charge in [-0.2, -0.15) is 5.10 Å². The first-order valence-electron chi connectivity index (χ1n) is 6.03. The molecule has 1 fully saturated rings. The summed E-state index contributed by atoms with van der Waals surface area (Å²) in [7, 11) is 0. The number of aromatic nitrogens is 2. The van der Waals surface area contributed by atoms with Crippen molar-refractivity contribution in [1.82, 2.24) is 20.0 Å². The van der Waals surface area contributed by atoms with Gasteiger partial charge in [0, 0.05) is 19.3 Å². The molecule has 0 radical (unpaired) electrons. The molecule has 1 aliphatic rings. The Balaban J connectivity index is 1.87. The number of rotatable bonds is 4. The monoisotopic (exact) mass is 250 g/mol. The molecule has 1 N–H and O–H groups in total. The molecule has 1 aromatic heterocycles. The minimum atomic E-state index is -0.778. The van der Waals surface area contributed by atoms with E-state index in [1.165, 1.54) is 4.90 Å². The third kappa shape index (κ3) is 2.37. The molecule has 0 bridgehead atoms.